The van der Waals surface area contributed by atoms with Crippen molar-refractivity contribution in [3.8, 4) is 11.3 Å². The fourth-order valence-corrected chi connectivity index (χ4v) is 3.56. The smallest absolute Gasteiger partial charge is 0.156 e. The summed E-state index contributed by atoms with van der Waals surface area (Å²) in [7, 11) is 0. The molecule has 1 aromatic carbocycles. The quantitative estimate of drug-likeness (QED) is 0.680. The first-order valence-corrected chi connectivity index (χ1v) is 8.95. The van der Waals surface area contributed by atoms with Crippen molar-refractivity contribution in [3.05, 3.63) is 40.1 Å². The number of halogens is 2. The average molecular weight is 361 g/mol. The molecular formula is C18H18Cl2N4. The minimum absolute atomic E-state index is 0.548. The summed E-state index contributed by atoms with van der Waals surface area (Å²) in [5.41, 5.74) is 3.89. The number of nitrogens with zero attached hydrogens (tertiary/aromatic N) is 3. The van der Waals surface area contributed by atoms with Gasteiger partial charge in [-0.05, 0) is 49.9 Å². The Morgan fingerprint density at radius 1 is 1.00 bits per heavy atom. The summed E-state index contributed by atoms with van der Waals surface area (Å²) < 4.78 is 0. The van der Waals surface area contributed by atoms with Gasteiger partial charge in [0.15, 0.2) is 5.82 Å². The number of H-pyrrole nitrogens is 1. The first kappa shape index (κ1) is 15.7. The summed E-state index contributed by atoms with van der Waals surface area (Å²) in [4.78, 5) is 15.1. The fourth-order valence-electron chi connectivity index (χ4n) is 3.26. The maximum atomic E-state index is 6.16. The molecule has 0 unspecified atom stereocenters. The van der Waals surface area contributed by atoms with Crippen LogP contribution in [0.4, 0.5) is 5.82 Å². The van der Waals surface area contributed by atoms with Crippen molar-refractivity contribution in [2.75, 3.05) is 18.0 Å². The second-order valence-electron chi connectivity index (χ2n) is 6.21. The number of nitrogens with one attached hydrogen (secondary N) is 1. The monoisotopic (exact) mass is 360 g/mol. The molecule has 1 N–H and O–H groups in total. The van der Waals surface area contributed by atoms with E-state index < -0.39 is 0 Å². The molecule has 2 aromatic heterocycles. The Kier molecular flexibility index (Phi) is 4.10. The van der Waals surface area contributed by atoms with Crippen molar-refractivity contribution in [2.24, 2.45) is 0 Å². The van der Waals surface area contributed by atoms with Crippen LogP contribution in [0, 0.1) is 6.92 Å². The summed E-state index contributed by atoms with van der Waals surface area (Å²) >= 11 is 12.2. The molecule has 24 heavy (non-hydrogen) atoms. The Bertz CT molecular complexity index is 897. The number of anilines is 1. The molecule has 0 amide bonds. The summed E-state index contributed by atoms with van der Waals surface area (Å²) in [6.07, 6.45) is 3.72. The van der Waals surface area contributed by atoms with Gasteiger partial charge >= 0.3 is 0 Å². The predicted molar refractivity (Wildman–Crippen MR) is 100 cm³/mol. The number of piperidine rings is 1. The van der Waals surface area contributed by atoms with E-state index in [2.05, 4.69) is 20.9 Å². The highest BCUT2D eigenvalue weighted by atomic mass is 35.5. The third-order valence-electron chi connectivity index (χ3n) is 4.46. The van der Waals surface area contributed by atoms with Crippen LogP contribution in [0.25, 0.3) is 22.3 Å². The topological polar surface area (TPSA) is 44.8 Å². The van der Waals surface area contributed by atoms with Gasteiger partial charge in [-0.1, -0.05) is 29.3 Å². The number of aromatic nitrogens is 3. The molecule has 3 heterocycles. The molecule has 0 radical (unpaired) electrons. The molecule has 1 aliphatic rings. The van der Waals surface area contributed by atoms with Gasteiger partial charge in [0.2, 0.25) is 0 Å². The number of benzene rings is 1. The predicted octanol–water partition coefficient (Wildman–Crippen LogP) is 5.23. The maximum absolute atomic E-state index is 6.16. The number of rotatable bonds is 2. The Labute approximate surface area is 150 Å². The van der Waals surface area contributed by atoms with Gasteiger partial charge < -0.3 is 9.88 Å². The van der Waals surface area contributed by atoms with Crippen molar-refractivity contribution < 1.29 is 0 Å². The van der Waals surface area contributed by atoms with Crippen LogP contribution in [0.15, 0.2) is 24.3 Å². The lowest BCUT2D eigenvalue weighted by molar-refractivity contribution is 0.574. The molecule has 4 nitrogen and oxygen atoms in total. The molecule has 6 heteroatoms. The van der Waals surface area contributed by atoms with Gasteiger partial charge in [0.1, 0.15) is 11.3 Å². The standard InChI is InChI=1S/C18H18Cl2N4/c1-11-21-16-10-15(12-5-6-13(19)14(20)9-12)23-17(16)18(22-11)24-7-3-2-4-8-24/h5-6,9-10,23H,2-4,7-8H2,1H3. The van der Waals surface area contributed by atoms with E-state index in [0.29, 0.717) is 10.0 Å². The SMILES string of the molecule is Cc1nc(N2CCCCC2)c2[nH]c(-c3ccc(Cl)c(Cl)c3)cc2n1. The third kappa shape index (κ3) is 2.85. The molecule has 1 saturated heterocycles. The Hall–Kier alpha value is -1.78. The first-order chi connectivity index (χ1) is 11.6. The highest BCUT2D eigenvalue weighted by Gasteiger charge is 2.18. The molecule has 4 rings (SSSR count). The molecular weight excluding hydrogens is 343 g/mol. The molecule has 1 aliphatic heterocycles. The maximum Gasteiger partial charge on any atom is 0.156 e. The highest BCUT2D eigenvalue weighted by Crippen LogP contribution is 2.32. The minimum atomic E-state index is 0.548. The van der Waals surface area contributed by atoms with Crippen LogP contribution in [0.2, 0.25) is 10.0 Å². The van der Waals surface area contributed by atoms with Gasteiger partial charge in [0.25, 0.3) is 0 Å². The zero-order valence-corrected chi connectivity index (χ0v) is 15.0. The average Bonchev–Trinajstić information content (AvgIpc) is 3.01. The van der Waals surface area contributed by atoms with E-state index >= 15 is 0 Å². The van der Waals surface area contributed by atoms with Gasteiger partial charge in [0.05, 0.1) is 15.6 Å². The number of aryl methyl sites for hydroxylation is 1. The van der Waals surface area contributed by atoms with Crippen LogP contribution in [0.1, 0.15) is 25.1 Å². The molecule has 0 spiro atoms. The molecule has 0 aliphatic carbocycles. The lowest BCUT2D eigenvalue weighted by Gasteiger charge is -2.28. The van der Waals surface area contributed by atoms with Crippen LogP contribution < -0.4 is 4.90 Å². The zero-order valence-electron chi connectivity index (χ0n) is 13.4. The van der Waals surface area contributed by atoms with Crippen molar-refractivity contribution in [2.45, 2.75) is 26.2 Å². The van der Waals surface area contributed by atoms with E-state index in [4.69, 9.17) is 28.2 Å². The number of hydrogen-bond donors (Lipinski definition) is 1. The van der Waals surface area contributed by atoms with Crippen molar-refractivity contribution in [3.63, 3.8) is 0 Å². The van der Waals surface area contributed by atoms with Crippen molar-refractivity contribution in [1.82, 2.24) is 15.0 Å². The summed E-state index contributed by atoms with van der Waals surface area (Å²) in [6, 6.07) is 7.69. The minimum Gasteiger partial charge on any atom is -0.355 e. The summed E-state index contributed by atoms with van der Waals surface area (Å²) in [5.74, 6) is 1.80. The molecule has 0 atom stereocenters. The van der Waals surface area contributed by atoms with Gasteiger partial charge in [-0.2, -0.15) is 0 Å². The fraction of sp³-hybridized carbons (Fsp3) is 0.333. The lowest BCUT2D eigenvalue weighted by atomic mass is 10.1. The zero-order chi connectivity index (χ0) is 16.7. The molecule has 0 bridgehead atoms. The van der Waals surface area contributed by atoms with Crippen LogP contribution in [-0.2, 0) is 0 Å². The van der Waals surface area contributed by atoms with Crippen molar-refractivity contribution in [1.29, 1.82) is 0 Å². The van der Waals surface area contributed by atoms with Gasteiger partial charge in [-0.15, -0.1) is 0 Å². The Morgan fingerprint density at radius 3 is 2.54 bits per heavy atom. The Morgan fingerprint density at radius 2 is 1.79 bits per heavy atom. The van der Waals surface area contributed by atoms with E-state index in [-0.39, 0.29) is 0 Å². The largest absolute Gasteiger partial charge is 0.355 e. The third-order valence-corrected chi connectivity index (χ3v) is 5.20. The normalized spacial score (nSPS) is 15.2. The van der Waals surface area contributed by atoms with E-state index in [1.807, 2.05) is 25.1 Å². The second-order valence-corrected chi connectivity index (χ2v) is 7.03. The molecule has 3 aromatic rings. The first-order valence-electron chi connectivity index (χ1n) is 8.19. The number of aromatic amines is 1. The van der Waals surface area contributed by atoms with E-state index in [1.165, 1.54) is 19.3 Å². The van der Waals surface area contributed by atoms with E-state index in [1.54, 1.807) is 0 Å². The molecule has 0 saturated carbocycles. The lowest BCUT2D eigenvalue weighted by Crippen LogP contribution is -2.30. The van der Waals surface area contributed by atoms with Crippen LogP contribution >= 0.6 is 23.2 Å². The van der Waals surface area contributed by atoms with Gasteiger partial charge in [-0.3, -0.25) is 0 Å². The van der Waals surface area contributed by atoms with Gasteiger partial charge in [-0.25, -0.2) is 9.97 Å². The highest BCUT2D eigenvalue weighted by molar-refractivity contribution is 6.42. The van der Waals surface area contributed by atoms with Crippen molar-refractivity contribution >= 4 is 40.1 Å². The second kappa shape index (κ2) is 6.26. The summed E-state index contributed by atoms with van der Waals surface area (Å²) in [5, 5.41) is 1.10. The summed E-state index contributed by atoms with van der Waals surface area (Å²) in [6.45, 7) is 4.04. The molecule has 124 valence electrons. The van der Waals surface area contributed by atoms with E-state index in [9.17, 15) is 0 Å². The molecule has 1 fully saturated rings. The van der Waals surface area contributed by atoms with Crippen LogP contribution in [0.5, 0.6) is 0 Å². The van der Waals surface area contributed by atoms with E-state index in [0.717, 1.165) is 47.0 Å². The van der Waals surface area contributed by atoms with Gasteiger partial charge in [0, 0.05) is 18.8 Å². The Balaban J connectivity index is 1.83. The number of fused-ring (bicyclic) bond motifs is 1. The number of hydrogen-bond acceptors (Lipinski definition) is 3. The van der Waals surface area contributed by atoms with Crippen LogP contribution in [0.3, 0.4) is 0 Å². The van der Waals surface area contributed by atoms with Crippen LogP contribution in [-0.4, -0.2) is 28.0 Å².